The van der Waals surface area contributed by atoms with Crippen molar-refractivity contribution in [3.63, 3.8) is 0 Å². The molecule has 0 radical (unpaired) electrons. The Morgan fingerprint density at radius 2 is 2.12 bits per heavy atom. The largest absolute Gasteiger partial charge is 0.468 e. The molecule has 3 nitrogen and oxygen atoms in total. The summed E-state index contributed by atoms with van der Waals surface area (Å²) in [6, 6.07) is 4.30. The van der Waals surface area contributed by atoms with Gasteiger partial charge in [-0.2, -0.15) is 0 Å². The molecule has 1 aromatic heterocycles. The molecule has 1 fully saturated rings. The summed E-state index contributed by atoms with van der Waals surface area (Å²) in [5.41, 5.74) is -0.140. The summed E-state index contributed by atoms with van der Waals surface area (Å²) >= 11 is 0. The number of nitrogens with one attached hydrogen (secondary N) is 1. The fraction of sp³-hybridized carbons (Fsp3) is 0.714. The quantitative estimate of drug-likeness (QED) is 0.849. The van der Waals surface area contributed by atoms with Crippen molar-refractivity contribution in [2.75, 3.05) is 6.61 Å². The van der Waals surface area contributed by atoms with Gasteiger partial charge in [-0.05, 0) is 31.4 Å². The first-order chi connectivity index (χ1) is 8.29. The highest BCUT2D eigenvalue weighted by Crippen LogP contribution is 2.32. The number of hydrogen-bond acceptors (Lipinski definition) is 3. The minimum atomic E-state index is -0.140. The molecule has 17 heavy (non-hydrogen) atoms. The van der Waals surface area contributed by atoms with Crippen molar-refractivity contribution < 1.29 is 9.15 Å². The monoisotopic (exact) mass is 237 g/mol. The van der Waals surface area contributed by atoms with Gasteiger partial charge in [0, 0.05) is 0 Å². The third-order valence-corrected chi connectivity index (χ3v) is 3.42. The standard InChI is InChI=1S/C14H23NO2/c1-3-8-14(9-4-2)15-12(7-11-17-14)13-6-5-10-16-13/h5-6,10,12,15H,3-4,7-9,11H2,1-2H3. The zero-order valence-corrected chi connectivity index (χ0v) is 10.9. The third kappa shape index (κ3) is 2.90. The molecular weight excluding hydrogens is 214 g/mol. The average Bonchev–Trinajstić information content (AvgIpc) is 2.83. The second kappa shape index (κ2) is 5.69. The van der Waals surface area contributed by atoms with Crippen LogP contribution in [0.3, 0.4) is 0 Å². The van der Waals surface area contributed by atoms with Gasteiger partial charge in [0.15, 0.2) is 0 Å². The highest BCUT2D eigenvalue weighted by Gasteiger charge is 2.36. The fourth-order valence-corrected chi connectivity index (χ4v) is 2.73. The van der Waals surface area contributed by atoms with Crippen LogP contribution >= 0.6 is 0 Å². The molecule has 1 aromatic rings. The van der Waals surface area contributed by atoms with Gasteiger partial charge in [-0.1, -0.05) is 26.7 Å². The molecule has 0 bridgehead atoms. The number of rotatable bonds is 5. The molecule has 3 heteroatoms. The minimum Gasteiger partial charge on any atom is -0.468 e. The molecule has 0 saturated carbocycles. The van der Waals surface area contributed by atoms with Crippen molar-refractivity contribution in [3.8, 4) is 0 Å². The van der Waals surface area contributed by atoms with E-state index in [1.165, 1.54) is 0 Å². The van der Waals surface area contributed by atoms with Gasteiger partial charge >= 0.3 is 0 Å². The van der Waals surface area contributed by atoms with E-state index >= 15 is 0 Å². The molecule has 1 unspecified atom stereocenters. The molecule has 0 spiro atoms. The zero-order valence-electron chi connectivity index (χ0n) is 10.9. The second-order valence-corrected chi connectivity index (χ2v) is 4.84. The van der Waals surface area contributed by atoms with Crippen LogP contribution in [0.25, 0.3) is 0 Å². The first-order valence-electron chi connectivity index (χ1n) is 6.74. The lowest BCUT2D eigenvalue weighted by atomic mass is 9.97. The topological polar surface area (TPSA) is 34.4 Å². The van der Waals surface area contributed by atoms with Crippen LogP contribution in [0.5, 0.6) is 0 Å². The molecule has 2 heterocycles. The van der Waals surface area contributed by atoms with Gasteiger partial charge in [-0.25, -0.2) is 0 Å². The van der Waals surface area contributed by atoms with Gasteiger partial charge in [0.05, 0.1) is 18.9 Å². The minimum absolute atomic E-state index is 0.140. The number of furan rings is 1. The van der Waals surface area contributed by atoms with Crippen LogP contribution < -0.4 is 5.32 Å². The van der Waals surface area contributed by atoms with Crippen molar-refractivity contribution in [1.29, 1.82) is 0 Å². The van der Waals surface area contributed by atoms with Crippen molar-refractivity contribution >= 4 is 0 Å². The van der Waals surface area contributed by atoms with E-state index in [9.17, 15) is 0 Å². The molecule has 1 aliphatic rings. The maximum absolute atomic E-state index is 6.02. The third-order valence-electron chi connectivity index (χ3n) is 3.42. The van der Waals surface area contributed by atoms with E-state index in [1.807, 2.05) is 12.1 Å². The molecule has 1 N–H and O–H groups in total. The predicted molar refractivity (Wildman–Crippen MR) is 67.7 cm³/mol. The summed E-state index contributed by atoms with van der Waals surface area (Å²) in [7, 11) is 0. The van der Waals surface area contributed by atoms with Crippen molar-refractivity contribution in [2.45, 2.75) is 57.7 Å². The Labute approximate surface area is 104 Å². The molecule has 1 aliphatic heterocycles. The maximum Gasteiger partial charge on any atom is 0.120 e. The Hall–Kier alpha value is -0.800. The summed E-state index contributed by atoms with van der Waals surface area (Å²) in [4.78, 5) is 0. The van der Waals surface area contributed by atoms with Crippen molar-refractivity contribution in [1.82, 2.24) is 5.32 Å². The molecule has 1 atom stereocenters. The Bertz CT molecular complexity index is 309. The maximum atomic E-state index is 6.02. The van der Waals surface area contributed by atoms with E-state index in [4.69, 9.17) is 9.15 Å². The molecule has 0 aromatic carbocycles. The molecule has 1 saturated heterocycles. The van der Waals surface area contributed by atoms with E-state index < -0.39 is 0 Å². The first-order valence-corrected chi connectivity index (χ1v) is 6.74. The SMILES string of the molecule is CCCC1(CCC)NC(c2ccco2)CCO1. The predicted octanol–water partition coefficient (Wildman–Crippen LogP) is 3.63. The lowest BCUT2D eigenvalue weighted by molar-refractivity contribution is -0.124. The van der Waals surface area contributed by atoms with E-state index in [-0.39, 0.29) is 5.72 Å². The van der Waals surface area contributed by atoms with Crippen LogP contribution in [0.15, 0.2) is 22.8 Å². The normalized spacial score (nSPS) is 23.8. The van der Waals surface area contributed by atoms with Crippen LogP contribution in [0, 0.1) is 0 Å². The Morgan fingerprint density at radius 1 is 1.35 bits per heavy atom. The zero-order chi connectivity index (χ0) is 12.1. The smallest absolute Gasteiger partial charge is 0.120 e. The van der Waals surface area contributed by atoms with Crippen LogP contribution in [0.4, 0.5) is 0 Å². The molecule has 96 valence electrons. The van der Waals surface area contributed by atoms with Gasteiger partial charge in [-0.15, -0.1) is 0 Å². The second-order valence-electron chi connectivity index (χ2n) is 4.84. The van der Waals surface area contributed by atoms with Crippen LogP contribution in [-0.2, 0) is 4.74 Å². The first kappa shape index (κ1) is 12.7. The highest BCUT2D eigenvalue weighted by atomic mass is 16.5. The summed E-state index contributed by atoms with van der Waals surface area (Å²) < 4.78 is 11.5. The van der Waals surface area contributed by atoms with E-state index in [0.717, 1.165) is 44.5 Å². The summed E-state index contributed by atoms with van der Waals surface area (Å²) in [6.45, 7) is 5.23. The lowest BCUT2D eigenvalue weighted by Gasteiger charge is -2.42. The summed E-state index contributed by atoms with van der Waals surface area (Å²) in [5, 5.41) is 3.66. The van der Waals surface area contributed by atoms with Gasteiger partial charge < -0.3 is 9.15 Å². The summed E-state index contributed by atoms with van der Waals surface area (Å²) in [5.74, 6) is 1.03. The molecule has 0 amide bonds. The Kier molecular flexibility index (Phi) is 4.24. The fourth-order valence-electron chi connectivity index (χ4n) is 2.73. The molecule has 0 aliphatic carbocycles. The van der Waals surface area contributed by atoms with E-state index in [1.54, 1.807) is 6.26 Å². The van der Waals surface area contributed by atoms with Crippen molar-refractivity contribution in [3.05, 3.63) is 24.2 Å². The number of ether oxygens (including phenoxy) is 1. The highest BCUT2D eigenvalue weighted by molar-refractivity contribution is 5.06. The Morgan fingerprint density at radius 3 is 2.71 bits per heavy atom. The van der Waals surface area contributed by atoms with E-state index in [2.05, 4.69) is 19.2 Å². The summed E-state index contributed by atoms with van der Waals surface area (Å²) in [6.07, 6.45) is 7.14. The average molecular weight is 237 g/mol. The van der Waals surface area contributed by atoms with Gasteiger partial charge in [0.2, 0.25) is 0 Å². The van der Waals surface area contributed by atoms with Crippen LogP contribution in [-0.4, -0.2) is 12.3 Å². The lowest BCUT2D eigenvalue weighted by Crippen LogP contribution is -2.53. The number of hydrogen-bond donors (Lipinski definition) is 1. The van der Waals surface area contributed by atoms with Gasteiger partial charge in [0.25, 0.3) is 0 Å². The molecular formula is C14H23NO2. The van der Waals surface area contributed by atoms with E-state index in [0.29, 0.717) is 6.04 Å². The molecule has 2 rings (SSSR count). The Balaban J connectivity index is 2.08. The van der Waals surface area contributed by atoms with Crippen LogP contribution in [0.1, 0.15) is 57.8 Å². The van der Waals surface area contributed by atoms with Crippen molar-refractivity contribution in [2.24, 2.45) is 0 Å². The van der Waals surface area contributed by atoms with Crippen LogP contribution in [0.2, 0.25) is 0 Å². The van der Waals surface area contributed by atoms with Gasteiger partial charge in [0.1, 0.15) is 11.5 Å². The van der Waals surface area contributed by atoms with Gasteiger partial charge in [-0.3, -0.25) is 5.32 Å².